The molecule has 0 saturated carbocycles. The molecule has 0 unspecified atom stereocenters. The fourth-order valence-electron chi connectivity index (χ4n) is 2.07. The molecule has 0 atom stereocenters. The number of ether oxygens (including phenoxy) is 1. The van der Waals surface area contributed by atoms with Crippen molar-refractivity contribution >= 4 is 28.7 Å². The third-order valence-corrected chi connectivity index (χ3v) is 3.52. The van der Waals surface area contributed by atoms with E-state index >= 15 is 0 Å². The molecule has 0 aromatic heterocycles. The number of anilines is 1. The first-order valence-electron chi connectivity index (χ1n) is 7.46. The summed E-state index contributed by atoms with van der Waals surface area (Å²) in [6.45, 7) is 1.99. The lowest BCUT2D eigenvalue weighted by Gasteiger charge is -2.11. The third kappa shape index (κ3) is 5.71. The van der Waals surface area contributed by atoms with E-state index in [4.69, 9.17) is 17.0 Å². The Morgan fingerprint density at radius 1 is 1.09 bits per heavy atom. The number of aryl methyl sites for hydroxylation is 1. The summed E-state index contributed by atoms with van der Waals surface area (Å²) in [5.74, 6) is 0.737. The number of methoxy groups -OCH3 is 1. The molecule has 5 heteroatoms. The van der Waals surface area contributed by atoms with Gasteiger partial charge in [0, 0.05) is 5.71 Å². The van der Waals surface area contributed by atoms with Crippen molar-refractivity contribution in [2.24, 2.45) is 5.10 Å². The van der Waals surface area contributed by atoms with Crippen molar-refractivity contribution in [3.05, 3.63) is 60.2 Å². The van der Waals surface area contributed by atoms with Crippen molar-refractivity contribution in [3.63, 3.8) is 0 Å². The molecule has 0 amide bonds. The monoisotopic (exact) mass is 327 g/mol. The molecule has 0 radical (unpaired) electrons. The van der Waals surface area contributed by atoms with Gasteiger partial charge in [-0.25, -0.2) is 0 Å². The van der Waals surface area contributed by atoms with E-state index < -0.39 is 0 Å². The maximum absolute atomic E-state index is 5.27. The van der Waals surface area contributed by atoms with E-state index in [1.165, 1.54) is 5.56 Å². The Balaban J connectivity index is 1.83. The average Bonchev–Trinajstić information content (AvgIpc) is 2.59. The summed E-state index contributed by atoms with van der Waals surface area (Å²) in [5.41, 5.74) is 5.98. The molecule has 0 bridgehead atoms. The highest BCUT2D eigenvalue weighted by Gasteiger charge is 2.03. The molecule has 2 aromatic rings. The number of rotatable bonds is 6. The smallest absolute Gasteiger partial charge is 0.191 e. The number of nitrogens with one attached hydrogen (secondary N) is 2. The summed E-state index contributed by atoms with van der Waals surface area (Å²) in [6, 6.07) is 18.0. The second-order valence-corrected chi connectivity index (χ2v) is 5.51. The van der Waals surface area contributed by atoms with Gasteiger partial charge in [0.15, 0.2) is 5.11 Å². The van der Waals surface area contributed by atoms with Gasteiger partial charge in [-0.1, -0.05) is 42.5 Å². The number of hydrogen-bond donors (Lipinski definition) is 2. The number of thiocarbonyl (C=S) groups is 1. The summed E-state index contributed by atoms with van der Waals surface area (Å²) in [4.78, 5) is 0. The first-order chi connectivity index (χ1) is 11.2. The second-order valence-electron chi connectivity index (χ2n) is 5.10. The van der Waals surface area contributed by atoms with Crippen LogP contribution in [0.3, 0.4) is 0 Å². The van der Waals surface area contributed by atoms with E-state index in [1.54, 1.807) is 7.11 Å². The molecule has 0 saturated heterocycles. The zero-order valence-electron chi connectivity index (χ0n) is 13.4. The van der Waals surface area contributed by atoms with E-state index in [9.17, 15) is 0 Å². The molecule has 0 fully saturated rings. The van der Waals surface area contributed by atoms with Crippen molar-refractivity contribution in [1.29, 1.82) is 0 Å². The van der Waals surface area contributed by atoms with Gasteiger partial charge in [-0.05, 0) is 49.7 Å². The fourth-order valence-corrected chi connectivity index (χ4v) is 2.23. The zero-order valence-corrected chi connectivity index (χ0v) is 14.2. The van der Waals surface area contributed by atoms with Crippen molar-refractivity contribution in [3.8, 4) is 5.75 Å². The molecular weight excluding hydrogens is 306 g/mol. The minimum atomic E-state index is 0.438. The van der Waals surface area contributed by atoms with Crippen LogP contribution in [0.25, 0.3) is 0 Å². The van der Waals surface area contributed by atoms with Gasteiger partial charge in [-0.3, -0.25) is 5.43 Å². The van der Waals surface area contributed by atoms with Crippen LogP contribution in [0.4, 0.5) is 5.69 Å². The topological polar surface area (TPSA) is 45.6 Å². The highest BCUT2D eigenvalue weighted by Crippen LogP contribution is 2.22. The standard InChI is InChI=1S/C18H21N3OS/c1-14(12-13-15-8-4-3-5-9-15)20-21-18(23)19-16-10-6-7-11-17(16)22-2/h3-11H,12-13H2,1-2H3,(H2,19,21,23)/b20-14-. The second kappa shape index (κ2) is 8.90. The predicted molar refractivity (Wildman–Crippen MR) is 100 cm³/mol. The van der Waals surface area contributed by atoms with E-state index in [1.807, 2.05) is 49.4 Å². The van der Waals surface area contributed by atoms with E-state index in [-0.39, 0.29) is 0 Å². The van der Waals surface area contributed by atoms with Gasteiger partial charge in [-0.15, -0.1) is 0 Å². The predicted octanol–water partition coefficient (Wildman–Crippen LogP) is 3.99. The van der Waals surface area contributed by atoms with Crippen LogP contribution in [0.15, 0.2) is 59.7 Å². The van der Waals surface area contributed by atoms with Gasteiger partial charge >= 0.3 is 0 Å². The van der Waals surface area contributed by atoms with Gasteiger partial charge in [0.2, 0.25) is 0 Å². The SMILES string of the molecule is COc1ccccc1NC(=S)N/N=C(/C)CCc1ccccc1. The lowest BCUT2D eigenvalue weighted by atomic mass is 10.1. The first kappa shape index (κ1) is 17.0. The number of hydrogen-bond acceptors (Lipinski definition) is 3. The van der Waals surface area contributed by atoms with Crippen LogP contribution >= 0.6 is 12.2 Å². The Hall–Kier alpha value is -2.40. The van der Waals surface area contributed by atoms with Crippen LogP contribution in [0.1, 0.15) is 18.9 Å². The van der Waals surface area contributed by atoms with Gasteiger partial charge in [0.1, 0.15) is 5.75 Å². The van der Waals surface area contributed by atoms with E-state index in [2.05, 4.69) is 28.0 Å². The largest absolute Gasteiger partial charge is 0.495 e. The quantitative estimate of drug-likeness (QED) is 0.478. The van der Waals surface area contributed by atoms with Crippen molar-refractivity contribution in [2.75, 3.05) is 12.4 Å². The summed E-state index contributed by atoms with van der Waals surface area (Å²) < 4.78 is 5.27. The molecule has 4 nitrogen and oxygen atoms in total. The van der Waals surface area contributed by atoms with Crippen LogP contribution in [-0.2, 0) is 6.42 Å². The molecule has 23 heavy (non-hydrogen) atoms. The number of para-hydroxylation sites is 2. The van der Waals surface area contributed by atoms with Crippen molar-refractivity contribution in [2.45, 2.75) is 19.8 Å². The third-order valence-electron chi connectivity index (χ3n) is 3.32. The number of benzene rings is 2. The highest BCUT2D eigenvalue weighted by molar-refractivity contribution is 7.80. The van der Waals surface area contributed by atoms with Crippen molar-refractivity contribution < 1.29 is 4.74 Å². The van der Waals surface area contributed by atoms with Crippen LogP contribution in [0.2, 0.25) is 0 Å². The highest BCUT2D eigenvalue weighted by atomic mass is 32.1. The van der Waals surface area contributed by atoms with Crippen LogP contribution in [0.5, 0.6) is 5.75 Å². The normalized spacial score (nSPS) is 11.0. The van der Waals surface area contributed by atoms with Crippen LogP contribution in [-0.4, -0.2) is 17.9 Å². The molecule has 0 aliphatic heterocycles. The molecule has 120 valence electrons. The Bertz CT molecular complexity index is 671. The lowest BCUT2D eigenvalue weighted by Crippen LogP contribution is -2.25. The van der Waals surface area contributed by atoms with Gasteiger partial charge in [0.25, 0.3) is 0 Å². The Kier molecular flexibility index (Phi) is 6.56. The summed E-state index contributed by atoms with van der Waals surface area (Å²) in [5, 5.41) is 7.83. The fraction of sp³-hybridized carbons (Fsp3) is 0.222. The van der Waals surface area contributed by atoms with Crippen molar-refractivity contribution in [1.82, 2.24) is 5.43 Å². The van der Waals surface area contributed by atoms with Gasteiger partial charge in [-0.2, -0.15) is 5.10 Å². The lowest BCUT2D eigenvalue weighted by molar-refractivity contribution is 0.417. The van der Waals surface area contributed by atoms with Crippen LogP contribution in [0, 0.1) is 0 Å². The first-order valence-corrected chi connectivity index (χ1v) is 7.87. The van der Waals surface area contributed by atoms with Gasteiger partial charge in [0.05, 0.1) is 12.8 Å². The zero-order chi connectivity index (χ0) is 16.5. The molecule has 2 aromatic carbocycles. The molecule has 2 N–H and O–H groups in total. The average molecular weight is 327 g/mol. The van der Waals surface area contributed by atoms with Crippen LogP contribution < -0.4 is 15.5 Å². The maximum Gasteiger partial charge on any atom is 0.191 e. The minimum Gasteiger partial charge on any atom is -0.495 e. The molecule has 0 aliphatic rings. The summed E-state index contributed by atoms with van der Waals surface area (Å²) in [7, 11) is 1.63. The minimum absolute atomic E-state index is 0.438. The number of hydrazone groups is 1. The molecular formula is C18H21N3OS. The van der Waals surface area contributed by atoms with Gasteiger partial charge < -0.3 is 10.1 Å². The number of nitrogens with zero attached hydrogens (tertiary/aromatic N) is 1. The molecule has 2 rings (SSSR count). The maximum atomic E-state index is 5.27. The van der Waals surface area contributed by atoms with E-state index in [0.29, 0.717) is 5.11 Å². The summed E-state index contributed by atoms with van der Waals surface area (Å²) in [6.07, 6.45) is 1.85. The Morgan fingerprint density at radius 2 is 1.78 bits per heavy atom. The Labute approximate surface area is 142 Å². The molecule has 0 spiro atoms. The van der Waals surface area contributed by atoms with E-state index in [0.717, 1.165) is 30.0 Å². The molecule has 0 aliphatic carbocycles. The molecule has 0 heterocycles. The summed E-state index contributed by atoms with van der Waals surface area (Å²) >= 11 is 5.25. The Morgan fingerprint density at radius 3 is 2.52 bits per heavy atom.